The van der Waals surface area contributed by atoms with E-state index >= 15 is 0 Å². The van der Waals surface area contributed by atoms with Gasteiger partial charge in [0.25, 0.3) is 0 Å². The summed E-state index contributed by atoms with van der Waals surface area (Å²) in [6.07, 6.45) is 0. The number of halogens is 2. The van der Waals surface area contributed by atoms with Gasteiger partial charge in [0.15, 0.2) is 5.78 Å². The van der Waals surface area contributed by atoms with Gasteiger partial charge in [0, 0.05) is 21.4 Å². The van der Waals surface area contributed by atoms with Crippen LogP contribution in [-0.2, 0) is 5.75 Å². The molecule has 0 aliphatic rings. The molecule has 0 aliphatic heterocycles. The van der Waals surface area contributed by atoms with Crippen LogP contribution in [0.1, 0.15) is 22.8 Å². The van der Waals surface area contributed by atoms with Crippen LogP contribution < -0.4 is 0 Å². The second kappa shape index (κ2) is 7.16. The van der Waals surface area contributed by atoms with Gasteiger partial charge in [0.1, 0.15) is 0 Å². The van der Waals surface area contributed by atoms with Crippen molar-refractivity contribution in [1.82, 2.24) is 0 Å². The summed E-state index contributed by atoms with van der Waals surface area (Å²) in [5.74, 6) is 0.886. The van der Waals surface area contributed by atoms with Crippen LogP contribution in [0, 0.1) is 0 Å². The average Bonchev–Trinajstić information content (AvgIpc) is 2.45. The highest BCUT2D eigenvalue weighted by molar-refractivity contribution is 7.99. The van der Waals surface area contributed by atoms with Crippen LogP contribution in [0.2, 0.25) is 10.0 Å². The number of Topliss-reactive ketones (excluding diaryl/α,β-unsaturated/α-hetero) is 1. The van der Waals surface area contributed by atoms with Crippen molar-refractivity contribution in [2.75, 3.05) is 0 Å². The van der Waals surface area contributed by atoms with Gasteiger partial charge in [-0.05, 0) is 36.8 Å². The van der Waals surface area contributed by atoms with E-state index in [1.54, 1.807) is 36.0 Å². The van der Waals surface area contributed by atoms with Crippen molar-refractivity contribution in [2.45, 2.75) is 17.9 Å². The minimum Gasteiger partial charge on any atom is -0.293 e. The Hall–Kier alpha value is -0.960. The molecule has 0 radical (unpaired) electrons. The van der Waals surface area contributed by atoms with E-state index in [0.717, 1.165) is 16.3 Å². The largest absolute Gasteiger partial charge is 0.293 e. The number of ketones is 1. The maximum absolute atomic E-state index is 12.3. The fourth-order valence-corrected chi connectivity index (χ4v) is 2.99. The molecule has 0 heterocycles. The van der Waals surface area contributed by atoms with E-state index in [9.17, 15) is 4.79 Å². The fourth-order valence-electron chi connectivity index (χ4n) is 1.75. The molecule has 0 saturated heterocycles. The van der Waals surface area contributed by atoms with Crippen LogP contribution >= 0.6 is 35.0 Å². The molecular weight excluding hydrogens is 311 g/mol. The predicted octanol–water partition coefficient (Wildman–Crippen LogP) is 5.50. The summed E-state index contributed by atoms with van der Waals surface area (Å²) in [5.41, 5.74) is 1.82. The molecule has 0 saturated carbocycles. The summed E-state index contributed by atoms with van der Waals surface area (Å²) in [5, 5.41) is 1.21. The van der Waals surface area contributed by atoms with Crippen molar-refractivity contribution in [2.24, 2.45) is 0 Å². The molecule has 0 aromatic heterocycles. The van der Waals surface area contributed by atoms with Gasteiger partial charge in [0.05, 0.1) is 5.25 Å². The lowest BCUT2D eigenvalue weighted by atomic mass is 10.1. The topological polar surface area (TPSA) is 17.1 Å². The third-order valence-electron chi connectivity index (χ3n) is 2.89. The van der Waals surface area contributed by atoms with Crippen molar-refractivity contribution in [3.63, 3.8) is 0 Å². The minimum absolute atomic E-state index is 0.103. The summed E-state index contributed by atoms with van der Waals surface area (Å²) in [6.45, 7) is 1.92. The third kappa shape index (κ3) is 4.27. The first-order valence-electron chi connectivity index (χ1n) is 6.22. The molecular formula is C16H14Cl2OS. The molecule has 1 nitrogen and oxygen atoms in total. The Morgan fingerprint density at radius 2 is 1.80 bits per heavy atom. The van der Waals surface area contributed by atoms with E-state index in [2.05, 4.69) is 0 Å². The zero-order valence-corrected chi connectivity index (χ0v) is 13.3. The van der Waals surface area contributed by atoms with E-state index < -0.39 is 0 Å². The Morgan fingerprint density at radius 1 is 1.10 bits per heavy atom. The van der Waals surface area contributed by atoms with Crippen molar-refractivity contribution >= 4 is 40.7 Å². The molecule has 0 N–H and O–H groups in total. The van der Waals surface area contributed by atoms with Gasteiger partial charge in [-0.25, -0.2) is 0 Å². The maximum atomic E-state index is 12.3. The van der Waals surface area contributed by atoms with Crippen LogP contribution in [0.15, 0.2) is 48.5 Å². The van der Waals surface area contributed by atoms with E-state index in [1.165, 1.54) is 0 Å². The standard InChI is InChI=1S/C16H14Cl2OS/c1-11(16(19)13-3-2-4-15(18)9-13)20-10-12-5-7-14(17)8-6-12/h2-9,11H,10H2,1H3. The van der Waals surface area contributed by atoms with Gasteiger partial charge in [-0.2, -0.15) is 0 Å². The Balaban J connectivity index is 1.96. The average molecular weight is 325 g/mol. The monoisotopic (exact) mass is 324 g/mol. The van der Waals surface area contributed by atoms with Gasteiger partial charge < -0.3 is 0 Å². The summed E-state index contributed by atoms with van der Waals surface area (Å²) >= 11 is 13.4. The molecule has 0 fully saturated rings. The van der Waals surface area contributed by atoms with Crippen molar-refractivity contribution in [1.29, 1.82) is 0 Å². The van der Waals surface area contributed by atoms with Crippen LogP contribution in [0.4, 0.5) is 0 Å². The lowest BCUT2D eigenvalue weighted by molar-refractivity contribution is 0.0994. The van der Waals surface area contributed by atoms with Crippen molar-refractivity contribution < 1.29 is 4.79 Å². The molecule has 2 aromatic carbocycles. The van der Waals surface area contributed by atoms with E-state index in [0.29, 0.717) is 10.6 Å². The summed E-state index contributed by atoms with van der Waals surface area (Å²) in [6, 6.07) is 14.8. The first-order valence-corrected chi connectivity index (χ1v) is 8.02. The van der Waals surface area contributed by atoms with Gasteiger partial charge in [-0.3, -0.25) is 4.79 Å². The smallest absolute Gasteiger partial charge is 0.175 e. The van der Waals surface area contributed by atoms with Crippen molar-refractivity contribution in [3.8, 4) is 0 Å². The highest BCUT2D eigenvalue weighted by Gasteiger charge is 2.15. The fraction of sp³-hybridized carbons (Fsp3) is 0.188. The normalized spacial score (nSPS) is 12.2. The molecule has 1 atom stereocenters. The molecule has 4 heteroatoms. The second-order valence-corrected chi connectivity index (χ2v) is 6.66. The van der Waals surface area contributed by atoms with Crippen LogP contribution in [0.3, 0.4) is 0 Å². The second-order valence-electron chi connectivity index (χ2n) is 4.45. The first kappa shape index (κ1) is 15.4. The molecule has 0 aliphatic carbocycles. The van der Waals surface area contributed by atoms with Gasteiger partial charge in [-0.15, -0.1) is 11.8 Å². The zero-order valence-electron chi connectivity index (χ0n) is 11.0. The molecule has 2 aromatic rings. The summed E-state index contributed by atoms with van der Waals surface area (Å²) in [7, 11) is 0. The number of hydrogen-bond acceptors (Lipinski definition) is 2. The number of carbonyl (C=O) groups is 1. The maximum Gasteiger partial charge on any atom is 0.175 e. The predicted molar refractivity (Wildman–Crippen MR) is 88.0 cm³/mol. The molecule has 0 amide bonds. The van der Waals surface area contributed by atoms with E-state index in [-0.39, 0.29) is 11.0 Å². The van der Waals surface area contributed by atoms with E-state index in [4.69, 9.17) is 23.2 Å². The molecule has 1 unspecified atom stereocenters. The van der Waals surface area contributed by atoms with Crippen molar-refractivity contribution in [3.05, 3.63) is 69.7 Å². The Labute approximate surface area is 133 Å². The lowest BCUT2D eigenvalue weighted by Gasteiger charge is -2.10. The SMILES string of the molecule is CC(SCc1ccc(Cl)cc1)C(=O)c1cccc(Cl)c1. The quantitative estimate of drug-likeness (QED) is 0.675. The van der Waals surface area contributed by atoms with Gasteiger partial charge >= 0.3 is 0 Å². The first-order chi connectivity index (χ1) is 9.56. The van der Waals surface area contributed by atoms with Crippen LogP contribution in [-0.4, -0.2) is 11.0 Å². The Kier molecular flexibility index (Phi) is 5.53. The van der Waals surface area contributed by atoms with Gasteiger partial charge in [0.2, 0.25) is 0 Å². The number of rotatable bonds is 5. The Bertz CT molecular complexity index is 596. The van der Waals surface area contributed by atoms with Crippen LogP contribution in [0.25, 0.3) is 0 Å². The number of thioether (sulfide) groups is 1. The molecule has 104 valence electrons. The van der Waals surface area contributed by atoms with Crippen LogP contribution in [0.5, 0.6) is 0 Å². The molecule has 0 bridgehead atoms. The minimum atomic E-state index is -0.107. The third-order valence-corrected chi connectivity index (χ3v) is 4.59. The number of hydrogen-bond donors (Lipinski definition) is 0. The highest BCUT2D eigenvalue weighted by atomic mass is 35.5. The Morgan fingerprint density at radius 3 is 2.45 bits per heavy atom. The lowest BCUT2D eigenvalue weighted by Crippen LogP contribution is -2.13. The summed E-state index contributed by atoms with van der Waals surface area (Å²) < 4.78 is 0. The summed E-state index contributed by atoms with van der Waals surface area (Å²) in [4.78, 5) is 12.3. The number of carbonyl (C=O) groups excluding carboxylic acids is 1. The zero-order chi connectivity index (χ0) is 14.5. The molecule has 0 spiro atoms. The molecule has 20 heavy (non-hydrogen) atoms. The van der Waals surface area contributed by atoms with E-state index in [1.807, 2.05) is 31.2 Å². The number of benzene rings is 2. The highest BCUT2D eigenvalue weighted by Crippen LogP contribution is 2.23. The van der Waals surface area contributed by atoms with Gasteiger partial charge in [-0.1, -0.05) is 47.5 Å². The molecule has 2 rings (SSSR count).